The van der Waals surface area contributed by atoms with Crippen LogP contribution in [0.2, 0.25) is 0 Å². The summed E-state index contributed by atoms with van der Waals surface area (Å²) in [6.07, 6.45) is 0.898. The van der Waals surface area contributed by atoms with E-state index in [0.717, 1.165) is 28.1 Å². The fourth-order valence-electron chi connectivity index (χ4n) is 2.59. The lowest BCUT2D eigenvalue weighted by atomic mass is 10.1. The average molecular weight is 354 g/mol. The van der Waals surface area contributed by atoms with Crippen molar-refractivity contribution in [2.45, 2.75) is 6.42 Å². The maximum absolute atomic E-state index is 12.2. The van der Waals surface area contributed by atoms with Crippen LogP contribution in [0.4, 0.5) is 5.13 Å². The summed E-state index contributed by atoms with van der Waals surface area (Å²) in [7, 11) is 1.50. The van der Waals surface area contributed by atoms with Gasteiger partial charge in [0, 0.05) is 30.5 Å². The highest BCUT2D eigenvalue weighted by Crippen LogP contribution is 2.31. The Bertz CT molecular complexity index is 1020. The third kappa shape index (κ3) is 3.03. The minimum Gasteiger partial charge on any atom is -0.493 e. The number of carbonyl (C=O) groups excluding carboxylic acids is 1. The Hall–Kier alpha value is -3.00. The van der Waals surface area contributed by atoms with Crippen molar-refractivity contribution in [3.05, 3.63) is 57.3 Å². The second-order valence-electron chi connectivity index (χ2n) is 5.59. The number of benzene rings is 1. The summed E-state index contributed by atoms with van der Waals surface area (Å²) in [4.78, 5) is 28.0. The molecule has 1 amide bonds. The molecule has 0 saturated heterocycles. The first-order valence-corrected chi connectivity index (χ1v) is 8.55. The molecule has 1 aliphatic heterocycles. The molecule has 7 nitrogen and oxygen atoms in total. The third-order valence-electron chi connectivity index (χ3n) is 3.90. The van der Waals surface area contributed by atoms with Crippen molar-refractivity contribution < 1.29 is 9.53 Å². The van der Waals surface area contributed by atoms with Gasteiger partial charge in [0.05, 0.1) is 12.3 Å². The summed E-state index contributed by atoms with van der Waals surface area (Å²) in [5, 5.41) is 9.01. The number of hydrogen-bond acceptors (Lipinski definition) is 6. The van der Waals surface area contributed by atoms with Gasteiger partial charge in [-0.2, -0.15) is 5.10 Å². The molecule has 0 atom stereocenters. The molecule has 0 spiro atoms. The number of ether oxygens (including phenoxy) is 1. The molecule has 0 saturated carbocycles. The maximum Gasteiger partial charge on any atom is 0.277 e. The number of amides is 1. The van der Waals surface area contributed by atoms with Crippen LogP contribution in [0, 0.1) is 0 Å². The monoisotopic (exact) mass is 354 g/mol. The van der Waals surface area contributed by atoms with Gasteiger partial charge < -0.3 is 4.74 Å². The van der Waals surface area contributed by atoms with Gasteiger partial charge in [-0.25, -0.2) is 9.67 Å². The number of rotatable bonds is 3. The summed E-state index contributed by atoms with van der Waals surface area (Å²) in [6, 6.07) is 8.68. The number of aryl methyl sites for hydroxylation is 1. The smallest absolute Gasteiger partial charge is 0.277 e. The second kappa shape index (κ2) is 6.14. The molecule has 8 heteroatoms. The summed E-state index contributed by atoms with van der Waals surface area (Å²) < 4.78 is 6.63. The van der Waals surface area contributed by atoms with E-state index in [1.165, 1.54) is 36.1 Å². The zero-order valence-corrected chi connectivity index (χ0v) is 14.2. The number of carbonyl (C=O) groups is 1. The Morgan fingerprint density at radius 3 is 3.04 bits per heavy atom. The molecule has 0 radical (unpaired) electrons. The van der Waals surface area contributed by atoms with Gasteiger partial charge in [0.2, 0.25) is 0 Å². The van der Waals surface area contributed by atoms with Gasteiger partial charge in [-0.3, -0.25) is 14.9 Å². The van der Waals surface area contributed by atoms with Crippen molar-refractivity contribution in [3.63, 3.8) is 0 Å². The summed E-state index contributed by atoms with van der Waals surface area (Å²) in [5.41, 5.74) is 2.84. The van der Waals surface area contributed by atoms with Gasteiger partial charge in [0.1, 0.15) is 11.4 Å². The molecule has 0 aliphatic carbocycles. The van der Waals surface area contributed by atoms with E-state index in [9.17, 15) is 9.59 Å². The maximum atomic E-state index is 12.2. The van der Waals surface area contributed by atoms with Crippen LogP contribution in [-0.4, -0.2) is 27.3 Å². The Morgan fingerprint density at radius 1 is 1.32 bits per heavy atom. The van der Waals surface area contributed by atoms with Gasteiger partial charge in [0.15, 0.2) is 5.13 Å². The van der Waals surface area contributed by atoms with Crippen LogP contribution in [0.3, 0.4) is 0 Å². The number of hydrogen-bond donors (Lipinski definition) is 1. The molecule has 3 heterocycles. The molecular weight excluding hydrogens is 340 g/mol. The van der Waals surface area contributed by atoms with Crippen molar-refractivity contribution in [3.8, 4) is 17.0 Å². The number of nitrogens with one attached hydrogen (secondary N) is 1. The van der Waals surface area contributed by atoms with E-state index in [1.54, 1.807) is 0 Å². The Morgan fingerprint density at radius 2 is 2.20 bits per heavy atom. The van der Waals surface area contributed by atoms with Crippen LogP contribution < -0.4 is 15.6 Å². The fraction of sp³-hybridized carbons (Fsp3) is 0.176. The molecule has 0 unspecified atom stereocenters. The molecule has 1 aromatic carbocycles. The average Bonchev–Trinajstić information content (AvgIpc) is 3.25. The molecule has 3 aromatic rings. The van der Waals surface area contributed by atoms with E-state index in [1.807, 2.05) is 17.5 Å². The van der Waals surface area contributed by atoms with Crippen LogP contribution >= 0.6 is 11.3 Å². The summed E-state index contributed by atoms with van der Waals surface area (Å²) in [5.74, 6) is 0.520. The Balaban J connectivity index is 1.54. The Labute approximate surface area is 146 Å². The lowest BCUT2D eigenvalue weighted by Crippen LogP contribution is -2.23. The van der Waals surface area contributed by atoms with Crippen LogP contribution in [-0.2, 0) is 13.5 Å². The lowest BCUT2D eigenvalue weighted by Gasteiger charge is -2.03. The van der Waals surface area contributed by atoms with Gasteiger partial charge >= 0.3 is 0 Å². The highest BCUT2D eigenvalue weighted by atomic mass is 32.1. The fourth-order valence-corrected chi connectivity index (χ4v) is 3.31. The van der Waals surface area contributed by atoms with E-state index < -0.39 is 5.91 Å². The summed E-state index contributed by atoms with van der Waals surface area (Å²) in [6.45, 7) is 0.712. The molecule has 25 heavy (non-hydrogen) atoms. The van der Waals surface area contributed by atoms with Crippen LogP contribution in [0.15, 0.2) is 40.5 Å². The lowest BCUT2D eigenvalue weighted by molar-refractivity contribution is 0.102. The number of thiazole rings is 1. The first kappa shape index (κ1) is 15.5. The van der Waals surface area contributed by atoms with Crippen LogP contribution in [0.25, 0.3) is 11.3 Å². The van der Waals surface area contributed by atoms with Crippen molar-refractivity contribution in [2.75, 3.05) is 11.9 Å². The largest absolute Gasteiger partial charge is 0.493 e. The highest BCUT2D eigenvalue weighted by Gasteiger charge is 2.15. The molecule has 126 valence electrons. The number of nitrogens with zero attached hydrogens (tertiary/aromatic N) is 3. The Kier molecular flexibility index (Phi) is 3.81. The van der Waals surface area contributed by atoms with E-state index in [0.29, 0.717) is 11.7 Å². The first-order chi connectivity index (χ1) is 12.1. The normalized spacial score (nSPS) is 12.5. The summed E-state index contributed by atoms with van der Waals surface area (Å²) >= 11 is 1.34. The van der Waals surface area contributed by atoms with E-state index in [4.69, 9.17) is 4.74 Å². The number of anilines is 1. The van der Waals surface area contributed by atoms with Crippen molar-refractivity contribution in [2.24, 2.45) is 7.05 Å². The molecule has 2 aromatic heterocycles. The SMILES string of the molecule is Cn1nc(C(=O)Nc2nc(-c3ccc4c(c3)CCO4)cs2)ccc1=O. The molecule has 0 bridgehead atoms. The van der Waals surface area contributed by atoms with Gasteiger partial charge in [-0.05, 0) is 29.8 Å². The van der Waals surface area contributed by atoms with E-state index in [2.05, 4.69) is 21.5 Å². The zero-order chi connectivity index (χ0) is 17.4. The van der Waals surface area contributed by atoms with Crippen LogP contribution in [0.5, 0.6) is 5.75 Å². The quantitative estimate of drug-likeness (QED) is 0.778. The topological polar surface area (TPSA) is 86.1 Å². The van der Waals surface area contributed by atoms with Gasteiger partial charge in [-0.1, -0.05) is 0 Å². The number of aromatic nitrogens is 3. The first-order valence-electron chi connectivity index (χ1n) is 7.67. The van der Waals surface area contributed by atoms with Crippen LogP contribution in [0.1, 0.15) is 16.1 Å². The molecule has 1 N–H and O–H groups in total. The number of fused-ring (bicyclic) bond motifs is 1. The molecule has 4 rings (SSSR count). The van der Waals surface area contributed by atoms with Crippen molar-refractivity contribution in [1.82, 2.24) is 14.8 Å². The van der Waals surface area contributed by atoms with Gasteiger partial charge in [-0.15, -0.1) is 11.3 Å². The highest BCUT2D eigenvalue weighted by molar-refractivity contribution is 7.14. The van der Waals surface area contributed by atoms with Gasteiger partial charge in [0.25, 0.3) is 11.5 Å². The van der Waals surface area contributed by atoms with Crippen molar-refractivity contribution in [1.29, 1.82) is 0 Å². The molecule has 0 fully saturated rings. The molecular formula is C17H14N4O3S. The zero-order valence-electron chi connectivity index (χ0n) is 13.4. The second-order valence-corrected chi connectivity index (χ2v) is 6.45. The standard InChI is InChI=1S/C17H14N4O3S/c1-21-15(22)5-3-12(20-21)16(23)19-17-18-13(9-25-17)10-2-4-14-11(8-10)6-7-24-14/h2-5,8-9H,6-7H2,1H3,(H,18,19,23). The van der Waals surface area contributed by atoms with Crippen molar-refractivity contribution >= 4 is 22.4 Å². The van der Waals surface area contributed by atoms with E-state index in [-0.39, 0.29) is 11.3 Å². The van der Waals surface area contributed by atoms with E-state index >= 15 is 0 Å². The molecule has 1 aliphatic rings. The predicted molar refractivity (Wildman–Crippen MR) is 94.2 cm³/mol. The minimum atomic E-state index is -0.404. The predicted octanol–water partition coefficient (Wildman–Crippen LogP) is 2.09. The minimum absolute atomic E-state index is 0.161. The third-order valence-corrected chi connectivity index (χ3v) is 4.66.